The van der Waals surface area contributed by atoms with E-state index < -0.39 is 4.92 Å². The number of nitrogen functional groups attached to an aromatic ring is 1. The Bertz CT molecular complexity index is 761. The van der Waals surface area contributed by atoms with Gasteiger partial charge in [0.2, 0.25) is 0 Å². The SMILES string of the molecule is CCOc1cc(NC2CCCc3cc(N)ccc32)ccc1[N+](=O)[O-]. The minimum atomic E-state index is -0.423. The number of fused-ring (bicyclic) bond motifs is 1. The van der Waals surface area contributed by atoms with Gasteiger partial charge < -0.3 is 15.8 Å². The van der Waals surface area contributed by atoms with Crippen LogP contribution in [0, 0.1) is 10.1 Å². The van der Waals surface area contributed by atoms with Crippen molar-refractivity contribution in [2.24, 2.45) is 0 Å². The normalized spacial score (nSPS) is 16.3. The molecule has 1 aliphatic carbocycles. The lowest BCUT2D eigenvalue weighted by atomic mass is 9.87. The highest BCUT2D eigenvalue weighted by Gasteiger charge is 2.21. The van der Waals surface area contributed by atoms with Crippen LogP contribution in [0.5, 0.6) is 5.75 Å². The van der Waals surface area contributed by atoms with E-state index >= 15 is 0 Å². The molecule has 0 bridgehead atoms. The number of nitro groups is 1. The molecule has 2 aromatic carbocycles. The van der Waals surface area contributed by atoms with Gasteiger partial charge in [-0.15, -0.1) is 0 Å². The third kappa shape index (κ3) is 3.27. The third-order valence-corrected chi connectivity index (χ3v) is 4.28. The van der Waals surface area contributed by atoms with Gasteiger partial charge in [0.1, 0.15) is 0 Å². The van der Waals surface area contributed by atoms with Gasteiger partial charge in [0.05, 0.1) is 17.6 Å². The largest absolute Gasteiger partial charge is 0.487 e. The maximum Gasteiger partial charge on any atom is 0.311 e. The number of hydrogen-bond acceptors (Lipinski definition) is 5. The highest BCUT2D eigenvalue weighted by Crippen LogP contribution is 2.36. The van der Waals surface area contributed by atoms with Crippen molar-refractivity contribution in [3.63, 3.8) is 0 Å². The van der Waals surface area contributed by atoms with E-state index in [1.807, 2.05) is 19.1 Å². The molecule has 0 saturated carbocycles. The number of rotatable bonds is 5. The first-order valence-electron chi connectivity index (χ1n) is 8.14. The first-order valence-corrected chi connectivity index (χ1v) is 8.14. The number of benzene rings is 2. The second kappa shape index (κ2) is 6.78. The van der Waals surface area contributed by atoms with Crippen LogP contribution in [0.15, 0.2) is 36.4 Å². The van der Waals surface area contributed by atoms with E-state index in [1.165, 1.54) is 17.2 Å². The van der Waals surface area contributed by atoms with E-state index in [-0.39, 0.29) is 11.7 Å². The number of hydrogen-bond donors (Lipinski definition) is 2. The predicted molar refractivity (Wildman–Crippen MR) is 94.4 cm³/mol. The van der Waals surface area contributed by atoms with Gasteiger partial charge in [0.25, 0.3) is 0 Å². The fourth-order valence-corrected chi connectivity index (χ4v) is 3.21. The summed E-state index contributed by atoms with van der Waals surface area (Å²) >= 11 is 0. The van der Waals surface area contributed by atoms with Crippen molar-refractivity contribution in [3.05, 3.63) is 57.6 Å². The molecule has 24 heavy (non-hydrogen) atoms. The smallest absolute Gasteiger partial charge is 0.311 e. The van der Waals surface area contributed by atoms with E-state index in [0.717, 1.165) is 30.6 Å². The molecule has 2 aromatic rings. The molecule has 1 aliphatic rings. The van der Waals surface area contributed by atoms with Crippen LogP contribution >= 0.6 is 0 Å². The average Bonchev–Trinajstić information content (AvgIpc) is 2.55. The second-order valence-electron chi connectivity index (χ2n) is 5.92. The van der Waals surface area contributed by atoms with Crippen LogP contribution in [-0.2, 0) is 6.42 Å². The maximum absolute atomic E-state index is 11.1. The Hall–Kier alpha value is -2.76. The van der Waals surface area contributed by atoms with Crippen LogP contribution in [0.1, 0.15) is 36.9 Å². The van der Waals surface area contributed by atoms with Gasteiger partial charge in [0.15, 0.2) is 5.75 Å². The summed E-state index contributed by atoms with van der Waals surface area (Å²) < 4.78 is 5.42. The summed E-state index contributed by atoms with van der Waals surface area (Å²) in [7, 11) is 0. The molecule has 126 valence electrons. The van der Waals surface area contributed by atoms with Crippen LogP contribution in [0.4, 0.5) is 17.1 Å². The number of nitrogens with zero attached hydrogens (tertiary/aromatic N) is 1. The van der Waals surface area contributed by atoms with Crippen LogP contribution in [0.3, 0.4) is 0 Å². The molecule has 0 fully saturated rings. The van der Waals surface area contributed by atoms with E-state index in [1.54, 1.807) is 12.1 Å². The number of nitro benzene ring substituents is 1. The van der Waals surface area contributed by atoms with Crippen molar-refractivity contribution in [3.8, 4) is 5.75 Å². The van der Waals surface area contributed by atoms with Crippen molar-refractivity contribution < 1.29 is 9.66 Å². The summed E-state index contributed by atoms with van der Waals surface area (Å²) in [5.41, 5.74) is 9.97. The monoisotopic (exact) mass is 327 g/mol. The first kappa shape index (κ1) is 16.1. The van der Waals surface area contributed by atoms with E-state index in [0.29, 0.717) is 12.4 Å². The lowest BCUT2D eigenvalue weighted by molar-refractivity contribution is -0.385. The molecule has 0 spiro atoms. The standard InChI is InChI=1S/C18H21N3O3/c1-2-24-18-11-14(7-9-17(18)21(22)23)20-16-5-3-4-12-10-13(19)6-8-15(12)16/h6-11,16,20H,2-5,19H2,1H3. The Morgan fingerprint density at radius 3 is 2.92 bits per heavy atom. The average molecular weight is 327 g/mol. The zero-order valence-electron chi connectivity index (χ0n) is 13.6. The van der Waals surface area contributed by atoms with E-state index in [9.17, 15) is 10.1 Å². The van der Waals surface area contributed by atoms with E-state index in [2.05, 4.69) is 11.4 Å². The zero-order chi connectivity index (χ0) is 17.1. The predicted octanol–water partition coefficient (Wildman–Crippen LogP) is 4.07. The van der Waals surface area contributed by atoms with Gasteiger partial charge >= 0.3 is 5.69 Å². The summed E-state index contributed by atoms with van der Waals surface area (Å²) in [6, 6.07) is 11.1. The third-order valence-electron chi connectivity index (χ3n) is 4.28. The first-order chi connectivity index (χ1) is 11.6. The van der Waals surface area contributed by atoms with Gasteiger partial charge in [-0.05, 0) is 55.5 Å². The molecule has 3 rings (SSSR count). The number of nitrogens with one attached hydrogen (secondary N) is 1. The van der Waals surface area contributed by atoms with Crippen LogP contribution in [-0.4, -0.2) is 11.5 Å². The van der Waals surface area contributed by atoms with Gasteiger partial charge in [-0.2, -0.15) is 0 Å². The molecule has 6 nitrogen and oxygen atoms in total. The Labute approximate surface area is 140 Å². The van der Waals surface area contributed by atoms with Gasteiger partial charge in [-0.3, -0.25) is 10.1 Å². The second-order valence-corrected chi connectivity index (χ2v) is 5.92. The topological polar surface area (TPSA) is 90.4 Å². The van der Waals surface area contributed by atoms with Crippen LogP contribution in [0.25, 0.3) is 0 Å². The Kier molecular flexibility index (Phi) is 4.55. The highest BCUT2D eigenvalue weighted by molar-refractivity contribution is 5.59. The molecule has 0 amide bonds. The summed E-state index contributed by atoms with van der Waals surface area (Å²) in [6.07, 6.45) is 3.13. The summed E-state index contributed by atoms with van der Waals surface area (Å²) in [5.74, 6) is 0.292. The molecule has 0 saturated heterocycles. The Morgan fingerprint density at radius 1 is 1.33 bits per heavy atom. The quantitative estimate of drug-likeness (QED) is 0.491. The van der Waals surface area contributed by atoms with E-state index in [4.69, 9.17) is 10.5 Å². The molecule has 1 unspecified atom stereocenters. The van der Waals surface area contributed by atoms with Crippen molar-refractivity contribution in [1.82, 2.24) is 0 Å². The Balaban J connectivity index is 1.87. The van der Waals surface area contributed by atoms with Crippen molar-refractivity contribution in [2.45, 2.75) is 32.2 Å². The minimum Gasteiger partial charge on any atom is -0.487 e. The summed E-state index contributed by atoms with van der Waals surface area (Å²) in [5, 5.41) is 14.6. The highest BCUT2D eigenvalue weighted by atomic mass is 16.6. The fourth-order valence-electron chi connectivity index (χ4n) is 3.21. The molecule has 3 N–H and O–H groups in total. The van der Waals surface area contributed by atoms with Gasteiger partial charge in [0, 0.05) is 23.5 Å². The summed E-state index contributed by atoms with van der Waals surface area (Å²) in [4.78, 5) is 10.7. The van der Waals surface area contributed by atoms with Crippen molar-refractivity contribution in [1.29, 1.82) is 0 Å². The van der Waals surface area contributed by atoms with Crippen molar-refractivity contribution >= 4 is 17.1 Å². The van der Waals surface area contributed by atoms with Gasteiger partial charge in [-0.1, -0.05) is 6.07 Å². The lowest BCUT2D eigenvalue weighted by Crippen LogP contribution is -2.17. The molecule has 0 aliphatic heterocycles. The number of ether oxygens (including phenoxy) is 1. The maximum atomic E-state index is 11.1. The summed E-state index contributed by atoms with van der Waals surface area (Å²) in [6.45, 7) is 2.20. The number of anilines is 2. The van der Waals surface area contributed by atoms with Crippen LogP contribution in [0.2, 0.25) is 0 Å². The molecule has 6 heteroatoms. The number of aryl methyl sites for hydroxylation is 1. The zero-order valence-corrected chi connectivity index (χ0v) is 13.6. The lowest BCUT2D eigenvalue weighted by Gasteiger charge is -2.27. The van der Waals surface area contributed by atoms with Crippen LogP contribution < -0.4 is 15.8 Å². The molecule has 0 aromatic heterocycles. The van der Waals surface area contributed by atoms with Gasteiger partial charge in [-0.25, -0.2) is 0 Å². The Morgan fingerprint density at radius 2 is 2.17 bits per heavy atom. The van der Waals surface area contributed by atoms with Crippen molar-refractivity contribution in [2.75, 3.05) is 17.7 Å². The molecule has 1 atom stereocenters. The minimum absolute atomic E-state index is 0.0146. The molecular weight excluding hydrogens is 306 g/mol. The molecule has 0 radical (unpaired) electrons. The molecular formula is C18H21N3O3. The fraction of sp³-hybridized carbons (Fsp3) is 0.333. The molecule has 0 heterocycles. The number of nitrogens with two attached hydrogens (primary N) is 1.